The van der Waals surface area contributed by atoms with Crippen LogP contribution in [0.2, 0.25) is 0 Å². The minimum atomic E-state index is -0.147. The fourth-order valence-corrected chi connectivity index (χ4v) is 3.22. The first-order valence-electron chi connectivity index (χ1n) is 6.61. The van der Waals surface area contributed by atoms with E-state index in [0.29, 0.717) is 5.92 Å². The number of aliphatic hydroxyl groups excluding tert-OH is 1. The highest BCUT2D eigenvalue weighted by Gasteiger charge is 2.28. The van der Waals surface area contributed by atoms with Crippen molar-refractivity contribution in [3.05, 3.63) is 33.4 Å². The summed E-state index contributed by atoms with van der Waals surface area (Å²) in [5.74, 6) is 1.38. The van der Waals surface area contributed by atoms with Gasteiger partial charge in [-0.3, -0.25) is 0 Å². The van der Waals surface area contributed by atoms with E-state index in [2.05, 4.69) is 53.8 Å². The molecule has 0 radical (unpaired) electrons. The molecule has 1 aliphatic rings. The molecular weight excluding hydrogens is 323 g/mol. The third-order valence-electron chi connectivity index (χ3n) is 4.06. The van der Waals surface area contributed by atoms with Crippen LogP contribution in [0.3, 0.4) is 0 Å². The van der Waals surface area contributed by atoms with Crippen LogP contribution in [0.15, 0.2) is 24.3 Å². The van der Waals surface area contributed by atoms with Gasteiger partial charge in [0.05, 0.1) is 6.10 Å². The van der Waals surface area contributed by atoms with E-state index < -0.39 is 0 Å². The molecule has 1 fully saturated rings. The quantitative estimate of drug-likeness (QED) is 0.818. The van der Waals surface area contributed by atoms with Crippen LogP contribution >= 0.6 is 22.6 Å². The fourth-order valence-electron chi connectivity index (χ4n) is 2.86. The lowest BCUT2D eigenvalue weighted by Gasteiger charge is -2.18. The molecule has 2 rings (SSSR count). The van der Waals surface area contributed by atoms with E-state index in [1.807, 2.05) is 0 Å². The van der Waals surface area contributed by atoms with E-state index in [1.165, 1.54) is 34.8 Å². The van der Waals surface area contributed by atoms with Crippen molar-refractivity contribution < 1.29 is 5.11 Å². The second-order valence-corrected chi connectivity index (χ2v) is 6.49. The molecule has 0 heterocycles. The van der Waals surface area contributed by atoms with Gasteiger partial charge < -0.3 is 5.11 Å². The maximum absolute atomic E-state index is 10.3. The molecule has 0 saturated heterocycles. The summed E-state index contributed by atoms with van der Waals surface area (Å²) in [5.41, 5.74) is 1.26. The first-order valence-corrected chi connectivity index (χ1v) is 7.69. The predicted molar refractivity (Wildman–Crippen MR) is 80.0 cm³/mol. The van der Waals surface area contributed by atoms with Crippen LogP contribution in [0.25, 0.3) is 0 Å². The van der Waals surface area contributed by atoms with Gasteiger partial charge in [0.1, 0.15) is 0 Å². The Morgan fingerprint density at radius 3 is 2.59 bits per heavy atom. The lowest BCUT2D eigenvalue weighted by atomic mass is 9.93. The van der Waals surface area contributed by atoms with E-state index >= 15 is 0 Å². The second-order valence-electron chi connectivity index (χ2n) is 5.25. The molecule has 0 aromatic heterocycles. The molecule has 1 aliphatic carbocycles. The number of hydrogen-bond donors (Lipinski definition) is 1. The number of rotatable bonds is 4. The molecule has 1 saturated carbocycles. The summed E-state index contributed by atoms with van der Waals surface area (Å²) >= 11 is 2.31. The number of aliphatic hydroxyl groups is 1. The standard InChI is InChI=1S/C15H21IO/c1-2-11-3-6-13(9-11)15(17)10-12-4-7-14(16)8-5-12/h4-5,7-8,11,13,15,17H,2-3,6,9-10H2,1H3. The van der Waals surface area contributed by atoms with E-state index in [0.717, 1.165) is 12.3 Å². The first-order chi connectivity index (χ1) is 8.19. The Labute approximate surface area is 118 Å². The number of benzene rings is 1. The molecule has 1 aromatic carbocycles. The zero-order valence-corrected chi connectivity index (χ0v) is 12.6. The van der Waals surface area contributed by atoms with Gasteiger partial charge in [-0.1, -0.05) is 31.9 Å². The molecule has 0 amide bonds. The summed E-state index contributed by atoms with van der Waals surface area (Å²) in [6, 6.07) is 8.51. The Balaban J connectivity index is 1.89. The van der Waals surface area contributed by atoms with Gasteiger partial charge in [0, 0.05) is 3.57 Å². The van der Waals surface area contributed by atoms with Crippen LogP contribution in [0.4, 0.5) is 0 Å². The van der Waals surface area contributed by atoms with Gasteiger partial charge >= 0.3 is 0 Å². The maximum Gasteiger partial charge on any atom is 0.0608 e. The summed E-state index contributed by atoms with van der Waals surface area (Å²) in [5, 5.41) is 10.3. The van der Waals surface area contributed by atoms with Gasteiger partial charge in [0.2, 0.25) is 0 Å². The van der Waals surface area contributed by atoms with Crippen molar-refractivity contribution >= 4 is 22.6 Å². The Bertz CT molecular complexity index is 346. The van der Waals surface area contributed by atoms with Gasteiger partial charge in [0.15, 0.2) is 0 Å². The third kappa shape index (κ3) is 3.68. The Kier molecular flexibility index (Phi) is 4.86. The monoisotopic (exact) mass is 344 g/mol. The Hall–Kier alpha value is -0.0900. The molecule has 3 atom stereocenters. The summed E-state index contributed by atoms with van der Waals surface area (Å²) in [7, 11) is 0. The highest BCUT2D eigenvalue weighted by molar-refractivity contribution is 14.1. The zero-order chi connectivity index (χ0) is 12.3. The Morgan fingerprint density at radius 2 is 2.00 bits per heavy atom. The minimum Gasteiger partial charge on any atom is -0.392 e. The van der Waals surface area contributed by atoms with Gasteiger partial charge in [-0.25, -0.2) is 0 Å². The topological polar surface area (TPSA) is 20.2 Å². The van der Waals surface area contributed by atoms with Crippen molar-refractivity contribution in [3.8, 4) is 0 Å². The van der Waals surface area contributed by atoms with Crippen LogP contribution in [0.5, 0.6) is 0 Å². The van der Waals surface area contributed by atoms with Gasteiger partial charge in [-0.15, -0.1) is 0 Å². The van der Waals surface area contributed by atoms with E-state index in [1.54, 1.807) is 0 Å². The van der Waals surface area contributed by atoms with Crippen molar-refractivity contribution in [1.29, 1.82) is 0 Å². The van der Waals surface area contributed by atoms with Crippen molar-refractivity contribution in [2.75, 3.05) is 0 Å². The molecule has 1 nitrogen and oxygen atoms in total. The number of hydrogen-bond acceptors (Lipinski definition) is 1. The van der Waals surface area contributed by atoms with Crippen molar-refractivity contribution in [1.82, 2.24) is 0 Å². The van der Waals surface area contributed by atoms with Gasteiger partial charge in [-0.05, 0) is 71.4 Å². The second kappa shape index (κ2) is 6.19. The molecule has 3 unspecified atom stereocenters. The largest absolute Gasteiger partial charge is 0.392 e. The molecule has 0 spiro atoms. The van der Waals surface area contributed by atoms with Crippen LogP contribution < -0.4 is 0 Å². The average Bonchev–Trinajstić information content (AvgIpc) is 2.81. The SMILES string of the molecule is CCC1CCC(C(O)Cc2ccc(I)cc2)C1. The van der Waals surface area contributed by atoms with Crippen LogP contribution in [0, 0.1) is 15.4 Å². The van der Waals surface area contributed by atoms with Crippen molar-refractivity contribution in [2.24, 2.45) is 11.8 Å². The molecule has 0 bridgehead atoms. The van der Waals surface area contributed by atoms with Crippen LogP contribution in [-0.2, 0) is 6.42 Å². The molecule has 94 valence electrons. The summed E-state index contributed by atoms with van der Waals surface area (Å²) < 4.78 is 1.26. The predicted octanol–water partition coefficient (Wildman–Crippen LogP) is 4.02. The fraction of sp³-hybridized carbons (Fsp3) is 0.600. The summed E-state index contributed by atoms with van der Waals surface area (Å²) in [4.78, 5) is 0. The van der Waals surface area contributed by atoms with Gasteiger partial charge in [0.25, 0.3) is 0 Å². The highest BCUT2D eigenvalue weighted by Crippen LogP contribution is 2.35. The van der Waals surface area contributed by atoms with Crippen LogP contribution in [-0.4, -0.2) is 11.2 Å². The van der Waals surface area contributed by atoms with Crippen LogP contribution in [0.1, 0.15) is 38.2 Å². The van der Waals surface area contributed by atoms with Crippen molar-refractivity contribution in [2.45, 2.75) is 45.1 Å². The summed E-state index contributed by atoms with van der Waals surface area (Å²) in [6.45, 7) is 2.26. The first kappa shape index (κ1) is 13.3. The van der Waals surface area contributed by atoms with E-state index in [9.17, 15) is 5.11 Å². The highest BCUT2D eigenvalue weighted by atomic mass is 127. The van der Waals surface area contributed by atoms with E-state index in [-0.39, 0.29) is 6.10 Å². The molecule has 2 heteroatoms. The molecular formula is C15H21IO. The molecule has 1 N–H and O–H groups in total. The lowest BCUT2D eigenvalue weighted by molar-refractivity contribution is 0.108. The van der Waals surface area contributed by atoms with Crippen molar-refractivity contribution in [3.63, 3.8) is 0 Å². The average molecular weight is 344 g/mol. The summed E-state index contributed by atoms with van der Waals surface area (Å²) in [6.07, 6.45) is 5.69. The smallest absolute Gasteiger partial charge is 0.0608 e. The normalized spacial score (nSPS) is 26.1. The molecule has 17 heavy (non-hydrogen) atoms. The number of halogens is 1. The maximum atomic E-state index is 10.3. The zero-order valence-electron chi connectivity index (χ0n) is 10.4. The van der Waals surface area contributed by atoms with Gasteiger partial charge in [-0.2, -0.15) is 0 Å². The lowest BCUT2D eigenvalue weighted by Crippen LogP contribution is -2.20. The third-order valence-corrected chi connectivity index (χ3v) is 4.78. The molecule has 0 aliphatic heterocycles. The van der Waals surface area contributed by atoms with E-state index in [4.69, 9.17) is 0 Å². The molecule has 1 aromatic rings. The Morgan fingerprint density at radius 1 is 1.29 bits per heavy atom. The minimum absolute atomic E-state index is 0.147.